The predicted octanol–water partition coefficient (Wildman–Crippen LogP) is 3.29. The zero-order chi connectivity index (χ0) is 13.3. The molecule has 0 aromatic heterocycles. The minimum absolute atomic E-state index is 0.111. The molecule has 2 aliphatic rings. The molecule has 1 heterocycles. The lowest BCUT2D eigenvalue weighted by Gasteiger charge is -2.43. The highest BCUT2D eigenvalue weighted by molar-refractivity contribution is 4.91. The van der Waals surface area contributed by atoms with Crippen LogP contribution in [-0.4, -0.2) is 35.2 Å². The van der Waals surface area contributed by atoms with E-state index < -0.39 is 0 Å². The van der Waals surface area contributed by atoms with Gasteiger partial charge >= 0.3 is 0 Å². The van der Waals surface area contributed by atoms with E-state index in [-0.39, 0.29) is 11.5 Å². The molecule has 1 N–H and O–H groups in total. The Bertz CT molecular complexity index is 274. The first-order chi connectivity index (χ1) is 8.42. The molecule has 0 aromatic rings. The molecule has 0 amide bonds. The van der Waals surface area contributed by atoms with Gasteiger partial charge in [-0.2, -0.15) is 0 Å². The van der Waals surface area contributed by atoms with E-state index in [4.69, 9.17) is 0 Å². The van der Waals surface area contributed by atoms with Gasteiger partial charge in [0.25, 0.3) is 0 Å². The quantitative estimate of drug-likeness (QED) is 0.834. The molecule has 2 nitrogen and oxygen atoms in total. The topological polar surface area (TPSA) is 23.5 Å². The van der Waals surface area contributed by atoms with Crippen LogP contribution in [0.25, 0.3) is 0 Å². The molecule has 106 valence electrons. The lowest BCUT2D eigenvalue weighted by molar-refractivity contribution is -0.0454. The molecule has 2 fully saturated rings. The molecule has 1 saturated heterocycles. The van der Waals surface area contributed by atoms with Crippen LogP contribution in [0.3, 0.4) is 0 Å². The van der Waals surface area contributed by atoms with Crippen LogP contribution < -0.4 is 0 Å². The second-order valence-electron chi connectivity index (χ2n) is 7.53. The van der Waals surface area contributed by atoms with E-state index >= 15 is 0 Å². The molecule has 1 aliphatic carbocycles. The summed E-state index contributed by atoms with van der Waals surface area (Å²) in [6.45, 7) is 11.5. The van der Waals surface area contributed by atoms with Crippen LogP contribution in [-0.2, 0) is 0 Å². The second kappa shape index (κ2) is 5.50. The summed E-state index contributed by atoms with van der Waals surface area (Å²) >= 11 is 0. The minimum Gasteiger partial charge on any atom is -0.392 e. The Balaban J connectivity index is 1.96. The number of hydrogen-bond acceptors (Lipinski definition) is 2. The third kappa shape index (κ3) is 2.91. The first-order valence-corrected chi connectivity index (χ1v) is 7.84. The van der Waals surface area contributed by atoms with Gasteiger partial charge in [0.1, 0.15) is 0 Å². The summed E-state index contributed by atoms with van der Waals surface area (Å²) < 4.78 is 0. The molecule has 1 aliphatic heterocycles. The fraction of sp³-hybridized carbons (Fsp3) is 1.00. The molecule has 0 aromatic carbocycles. The lowest BCUT2D eigenvalue weighted by Crippen LogP contribution is -2.46. The minimum atomic E-state index is -0.111. The molecule has 0 radical (unpaired) electrons. The highest BCUT2D eigenvalue weighted by atomic mass is 16.3. The Hall–Kier alpha value is -0.0800. The molecule has 3 unspecified atom stereocenters. The summed E-state index contributed by atoms with van der Waals surface area (Å²) in [5.41, 5.74) is 0.121. The van der Waals surface area contributed by atoms with Crippen LogP contribution >= 0.6 is 0 Å². The van der Waals surface area contributed by atoms with Crippen molar-refractivity contribution in [1.29, 1.82) is 0 Å². The molecule has 0 spiro atoms. The van der Waals surface area contributed by atoms with Gasteiger partial charge in [-0.1, -0.05) is 34.1 Å². The van der Waals surface area contributed by atoms with Crippen molar-refractivity contribution in [3.05, 3.63) is 0 Å². The van der Waals surface area contributed by atoms with Gasteiger partial charge in [-0.15, -0.1) is 0 Å². The van der Waals surface area contributed by atoms with Gasteiger partial charge < -0.3 is 5.11 Å². The van der Waals surface area contributed by atoms with E-state index in [1.54, 1.807) is 0 Å². The van der Waals surface area contributed by atoms with Crippen LogP contribution in [0.1, 0.15) is 59.8 Å². The maximum Gasteiger partial charge on any atom is 0.0631 e. The summed E-state index contributed by atoms with van der Waals surface area (Å²) in [5.74, 6) is 1.24. The van der Waals surface area contributed by atoms with Crippen LogP contribution in [0.4, 0.5) is 0 Å². The van der Waals surface area contributed by atoms with Crippen LogP contribution in [0, 0.1) is 17.3 Å². The SMILES string of the molecule is CC(C)C1CCCN1CC1CCCC(C)(C)C1O. The van der Waals surface area contributed by atoms with Gasteiger partial charge in [-0.05, 0) is 49.5 Å². The Morgan fingerprint density at radius 3 is 2.61 bits per heavy atom. The van der Waals surface area contributed by atoms with Crippen LogP contribution in [0.15, 0.2) is 0 Å². The lowest BCUT2D eigenvalue weighted by atomic mass is 9.69. The Labute approximate surface area is 113 Å². The van der Waals surface area contributed by atoms with Gasteiger partial charge in [0.2, 0.25) is 0 Å². The molecule has 1 saturated carbocycles. The molecule has 3 atom stereocenters. The van der Waals surface area contributed by atoms with Gasteiger partial charge in [0.05, 0.1) is 6.10 Å². The number of hydrogen-bond donors (Lipinski definition) is 1. The largest absolute Gasteiger partial charge is 0.392 e. The van der Waals surface area contributed by atoms with E-state index in [2.05, 4.69) is 32.6 Å². The van der Waals surface area contributed by atoms with E-state index in [1.165, 1.54) is 38.6 Å². The summed E-state index contributed by atoms with van der Waals surface area (Å²) in [4.78, 5) is 2.65. The normalized spacial score (nSPS) is 37.3. The Kier molecular flexibility index (Phi) is 4.38. The standard InChI is InChI=1S/C16H31NO/c1-12(2)14-8-6-10-17(14)11-13-7-5-9-16(3,4)15(13)18/h12-15,18H,5-11H2,1-4H3. The van der Waals surface area contributed by atoms with Crippen molar-refractivity contribution in [3.63, 3.8) is 0 Å². The number of likely N-dealkylation sites (tertiary alicyclic amines) is 1. The third-order valence-corrected chi connectivity index (χ3v) is 5.30. The van der Waals surface area contributed by atoms with Crippen molar-refractivity contribution in [2.75, 3.05) is 13.1 Å². The van der Waals surface area contributed by atoms with Crippen molar-refractivity contribution >= 4 is 0 Å². The first-order valence-electron chi connectivity index (χ1n) is 7.84. The van der Waals surface area contributed by atoms with Gasteiger partial charge in [0, 0.05) is 12.6 Å². The first kappa shape index (κ1) is 14.3. The predicted molar refractivity (Wildman–Crippen MR) is 76.6 cm³/mol. The maximum absolute atomic E-state index is 10.6. The summed E-state index contributed by atoms with van der Waals surface area (Å²) in [5, 5.41) is 10.6. The summed E-state index contributed by atoms with van der Waals surface area (Å²) in [6.07, 6.45) is 6.26. The summed E-state index contributed by atoms with van der Waals surface area (Å²) in [6, 6.07) is 0.752. The highest BCUT2D eigenvalue weighted by Gasteiger charge is 2.39. The smallest absolute Gasteiger partial charge is 0.0631 e. The van der Waals surface area contributed by atoms with E-state index in [0.717, 1.165) is 18.5 Å². The fourth-order valence-corrected chi connectivity index (χ4v) is 4.09. The number of aliphatic hydroxyl groups excluding tert-OH is 1. The summed E-state index contributed by atoms with van der Waals surface area (Å²) in [7, 11) is 0. The molecule has 18 heavy (non-hydrogen) atoms. The zero-order valence-electron chi connectivity index (χ0n) is 12.7. The van der Waals surface area contributed by atoms with Crippen molar-refractivity contribution in [2.24, 2.45) is 17.3 Å². The average molecular weight is 253 g/mol. The molecule has 2 rings (SSSR count). The number of nitrogens with zero attached hydrogens (tertiary/aromatic N) is 1. The van der Waals surface area contributed by atoms with E-state index in [9.17, 15) is 5.11 Å². The van der Waals surface area contributed by atoms with Crippen LogP contribution in [0.2, 0.25) is 0 Å². The van der Waals surface area contributed by atoms with Gasteiger partial charge in [-0.25, -0.2) is 0 Å². The molecular weight excluding hydrogens is 222 g/mol. The van der Waals surface area contributed by atoms with Crippen molar-refractivity contribution in [3.8, 4) is 0 Å². The van der Waals surface area contributed by atoms with E-state index in [1.807, 2.05) is 0 Å². The molecule has 2 heteroatoms. The van der Waals surface area contributed by atoms with Crippen molar-refractivity contribution in [1.82, 2.24) is 4.90 Å². The van der Waals surface area contributed by atoms with Crippen molar-refractivity contribution < 1.29 is 5.11 Å². The molecular formula is C16H31NO. The Morgan fingerprint density at radius 2 is 1.94 bits per heavy atom. The van der Waals surface area contributed by atoms with Gasteiger partial charge in [0.15, 0.2) is 0 Å². The average Bonchev–Trinajstić information content (AvgIpc) is 2.73. The zero-order valence-corrected chi connectivity index (χ0v) is 12.7. The van der Waals surface area contributed by atoms with Crippen molar-refractivity contribution in [2.45, 2.75) is 71.9 Å². The number of aliphatic hydroxyl groups is 1. The Morgan fingerprint density at radius 1 is 1.22 bits per heavy atom. The molecule has 0 bridgehead atoms. The van der Waals surface area contributed by atoms with E-state index in [0.29, 0.717) is 5.92 Å². The second-order valence-corrected chi connectivity index (χ2v) is 7.53. The number of rotatable bonds is 3. The maximum atomic E-state index is 10.6. The van der Waals surface area contributed by atoms with Crippen LogP contribution in [0.5, 0.6) is 0 Å². The fourth-order valence-electron chi connectivity index (χ4n) is 4.09. The van der Waals surface area contributed by atoms with Gasteiger partial charge in [-0.3, -0.25) is 4.90 Å². The monoisotopic (exact) mass is 253 g/mol. The highest BCUT2D eigenvalue weighted by Crippen LogP contribution is 2.40. The third-order valence-electron chi connectivity index (χ3n) is 5.30.